The van der Waals surface area contributed by atoms with E-state index in [1.165, 1.54) is 12.8 Å². The zero-order chi connectivity index (χ0) is 16.3. The highest BCUT2D eigenvalue weighted by atomic mass is 127. The average molecular weight is 450 g/mol. The molecule has 0 aromatic carbocycles. The molecule has 0 atom stereocenters. The summed E-state index contributed by atoms with van der Waals surface area (Å²) < 4.78 is 10.5. The van der Waals surface area contributed by atoms with Gasteiger partial charge in [-0.1, -0.05) is 0 Å². The number of furan rings is 1. The molecular weight excluding hydrogens is 419 g/mol. The van der Waals surface area contributed by atoms with Gasteiger partial charge >= 0.3 is 0 Å². The third-order valence-electron chi connectivity index (χ3n) is 4.19. The maximum absolute atomic E-state index is 5.32. The van der Waals surface area contributed by atoms with Crippen LogP contribution in [0.2, 0.25) is 0 Å². The van der Waals surface area contributed by atoms with Crippen molar-refractivity contribution in [1.29, 1.82) is 0 Å². The number of ether oxygens (including phenoxy) is 1. The second-order valence-corrected chi connectivity index (χ2v) is 5.93. The van der Waals surface area contributed by atoms with Crippen LogP contribution in [0, 0.1) is 5.92 Å². The molecule has 0 bridgehead atoms. The Labute approximate surface area is 162 Å². The number of hydrogen-bond donors (Lipinski definition) is 2. The molecule has 0 aliphatic carbocycles. The Morgan fingerprint density at radius 1 is 1.38 bits per heavy atom. The van der Waals surface area contributed by atoms with E-state index in [0.29, 0.717) is 12.5 Å². The highest BCUT2D eigenvalue weighted by Gasteiger charge is 2.18. The summed E-state index contributed by atoms with van der Waals surface area (Å²) in [6, 6.07) is 3.84. The topological polar surface area (TPSA) is 62.0 Å². The second-order valence-electron chi connectivity index (χ2n) is 5.93. The first-order valence-electron chi connectivity index (χ1n) is 8.57. The lowest BCUT2D eigenvalue weighted by molar-refractivity contribution is 0.121. The lowest BCUT2D eigenvalue weighted by Gasteiger charge is -2.32. The normalized spacial score (nSPS) is 16.7. The van der Waals surface area contributed by atoms with Gasteiger partial charge < -0.3 is 24.7 Å². The molecule has 0 saturated carbocycles. The van der Waals surface area contributed by atoms with Crippen molar-refractivity contribution >= 4 is 29.9 Å². The van der Waals surface area contributed by atoms with Gasteiger partial charge in [0.1, 0.15) is 12.3 Å². The highest BCUT2D eigenvalue weighted by Crippen LogP contribution is 2.15. The molecule has 0 spiro atoms. The third-order valence-corrected chi connectivity index (χ3v) is 4.19. The molecule has 1 fully saturated rings. The molecule has 2 heterocycles. The zero-order valence-electron chi connectivity index (χ0n) is 14.8. The summed E-state index contributed by atoms with van der Waals surface area (Å²) in [5.74, 6) is 2.46. The largest absolute Gasteiger partial charge is 0.467 e. The smallest absolute Gasteiger partial charge is 0.191 e. The number of likely N-dealkylation sites (tertiary alicyclic amines) is 1. The summed E-state index contributed by atoms with van der Waals surface area (Å²) in [5, 5.41) is 6.76. The molecule has 7 heteroatoms. The van der Waals surface area contributed by atoms with Crippen LogP contribution in [0.4, 0.5) is 0 Å². The van der Waals surface area contributed by atoms with E-state index in [4.69, 9.17) is 9.15 Å². The molecule has 1 aliphatic heterocycles. The molecule has 0 unspecified atom stereocenters. The van der Waals surface area contributed by atoms with Gasteiger partial charge in [0.25, 0.3) is 0 Å². The van der Waals surface area contributed by atoms with Crippen LogP contribution in [0.15, 0.2) is 27.8 Å². The van der Waals surface area contributed by atoms with Gasteiger partial charge in [-0.15, -0.1) is 24.0 Å². The fourth-order valence-corrected chi connectivity index (χ4v) is 2.78. The van der Waals surface area contributed by atoms with E-state index in [1.54, 1.807) is 13.4 Å². The van der Waals surface area contributed by atoms with E-state index in [-0.39, 0.29) is 24.0 Å². The summed E-state index contributed by atoms with van der Waals surface area (Å²) >= 11 is 0. The highest BCUT2D eigenvalue weighted by molar-refractivity contribution is 14.0. The van der Waals surface area contributed by atoms with E-state index < -0.39 is 0 Å². The van der Waals surface area contributed by atoms with Crippen molar-refractivity contribution in [2.24, 2.45) is 10.9 Å². The van der Waals surface area contributed by atoms with Crippen LogP contribution in [0.25, 0.3) is 0 Å². The van der Waals surface area contributed by atoms with Crippen molar-refractivity contribution in [3.05, 3.63) is 24.2 Å². The SMILES string of the molecule is CCNC(=NCc1ccco1)NCC1CCN(CCOC)CC1.I. The quantitative estimate of drug-likeness (QED) is 0.362. The van der Waals surface area contributed by atoms with Crippen LogP contribution < -0.4 is 10.6 Å². The van der Waals surface area contributed by atoms with E-state index >= 15 is 0 Å². The number of nitrogens with zero attached hydrogens (tertiary/aromatic N) is 2. The Morgan fingerprint density at radius 3 is 2.79 bits per heavy atom. The predicted octanol–water partition coefficient (Wildman–Crippen LogP) is 2.31. The Morgan fingerprint density at radius 2 is 2.17 bits per heavy atom. The minimum atomic E-state index is 0. The Kier molecular flexibility index (Phi) is 11.1. The average Bonchev–Trinajstić information content (AvgIpc) is 3.10. The summed E-state index contributed by atoms with van der Waals surface area (Å²) in [5.41, 5.74) is 0. The van der Waals surface area contributed by atoms with Gasteiger partial charge in [-0.3, -0.25) is 0 Å². The molecule has 1 aliphatic rings. The molecule has 2 rings (SSSR count). The van der Waals surface area contributed by atoms with E-state index in [0.717, 1.165) is 51.1 Å². The summed E-state index contributed by atoms with van der Waals surface area (Å²) in [7, 11) is 1.76. The van der Waals surface area contributed by atoms with Crippen molar-refractivity contribution < 1.29 is 9.15 Å². The van der Waals surface area contributed by atoms with Gasteiger partial charge in [-0.05, 0) is 50.9 Å². The molecule has 1 saturated heterocycles. The van der Waals surface area contributed by atoms with Crippen LogP contribution in [-0.4, -0.2) is 57.3 Å². The first-order valence-corrected chi connectivity index (χ1v) is 8.57. The molecule has 6 nitrogen and oxygen atoms in total. The van der Waals surface area contributed by atoms with Crippen LogP contribution >= 0.6 is 24.0 Å². The van der Waals surface area contributed by atoms with Crippen LogP contribution in [0.5, 0.6) is 0 Å². The van der Waals surface area contributed by atoms with Crippen LogP contribution in [0.3, 0.4) is 0 Å². The Hall–Kier alpha value is -0.800. The maximum atomic E-state index is 5.32. The molecule has 1 aromatic heterocycles. The van der Waals surface area contributed by atoms with Crippen molar-refractivity contribution in [3.8, 4) is 0 Å². The molecule has 24 heavy (non-hydrogen) atoms. The first-order chi connectivity index (χ1) is 11.3. The zero-order valence-corrected chi connectivity index (χ0v) is 17.1. The minimum absolute atomic E-state index is 0. The van der Waals surface area contributed by atoms with Gasteiger partial charge in [0, 0.05) is 26.7 Å². The summed E-state index contributed by atoms with van der Waals surface area (Å²) in [6.45, 7) is 8.68. The van der Waals surface area contributed by atoms with Crippen molar-refractivity contribution in [3.63, 3.8) is 0 Å². The van der Waals surface area contributed by atoms with Gasteiger partial charge in [-0.2, -0.15) is 0 Å². The number of hydrogen-bond acceptors (Lipinski definition) is 4. The Bertz CT molecular complexity index is 445. The molecule has 0 radical (unpaired) electrons. The van der Waals surface area contributed by atoms with Crippen molar-refractivity contribution in [1.82, 2.24) is 15.5 Å². The second kappa shape index (κ2) is 12.5. The van der Waals surface area contributed by atoms with E-state index in [2.05, 4.69) is 27.4 Å². The standard InChI is InChI=1S/C17H30N4O2.HI/c1-3-18-17(20-14-16-5-4-11-23-16)19-13-15-6-8-21(9-7-15)10-12-22-2;/h4-5,11,15H,3,6-10,12-14H2,1-2H3,(H2,18,19,20);1H. The number of piperidine rings is 1. The number of guanidine groups is 1. The van der Waals surface area contributed by atoms with E-state index in [1.807, 2.05) is 12.1 Å². The molecule has 2 N–H and O–H groups in total. The number of halogens is 1. The predicted molar refractivity (Wildman–Crippen MR) is 108 cm³/mol. The fourth-order valence-electron chi connectivity index (χ4n) is 2.78. The van der Waals surface area contributed by atoms with E-state index in [9.17, 15) is 0 Å². The fraction of sp³-hybridized carbons (Fsp3) is 0.706. The summed E-state index contributed by atoms with van der Waals surface area (Å²) in [4.78, 5) is 7.05. The van der Waals surface area contributed by atoms with Crippen LogP contribution in [0.1, 0.15) is 25.5 Å². The van der Waals surface area contributed by atoms with Crippen LogP contribution in [-0.2, 0) is 11.3 Å². The number of methoxy groups -OCH3 is 1. The monoisotopic (exact) mass is 450 g/mol. The molecule has 138 valence electrons. The van der Waals surface area contributed by atoms with Gasteiger partial charge in [0.2, 0.25) is 0 Å². The third kappa shape index (κ3) is 7.85. The number of aliphatic imine (C=N–C) groups is 1. The number of rotatable bonds is 8. The van der Waals surface area contributed by atoms with Gasteiger partial charge in [0.05, 0.1) is 12.9 Å². The van der Waals surface area contributed by atoms with Gasteiger partial charge in [-0.25, -0.2) is 4.99 Å². The molecule has 0 amide bonds. The Balaban J connectivity index is 0.00000288. The minimum Gasteiger partial charge on any atom is -0.467 e. The van der Waals surface area contributed by atoms with Crippen molar-refractivity contribution in [2.75, 3.05) is 46.4 Å². The molecule has 1 aromatic rings. The molecular formula is C17H31IN4O2. The number of nitrogens with one attached hydrogen (secondary N) is 2. The maximum Gasteiger partial charge on any atom is 0.191 e. The lowest BCUT2D eigenvalue weighted by atomic mass is 9.97. The van der Waals surface area contributed by atoms with Gasteiger partial charge in [0.15, 0.2) is 5.96 Å². The summed E-state index contributed by atoms with van der Waals surface area (Å²) in [6.07, 6.45) is 4.14. The first kappa shape index (κ1) is 21.2. The van der Waals surface area contributed by atoms with Crippen molar-refractivity contribution in [2.45, 2.75) is 26.3 Å². The lowest BCUT2D eigenvalue weighted by Crippen LogP contribution is -2.43.